The molecule has 0 aliphatic heterocycles. The van der Waals surface area contributed by atoms with Gasteiger partial charge in [0.1, 0.15) is 5.82 Å². The molecule has 0 heterocycles. The first-order valence-electron chi connectivity index (χ1n) is 5.53. The number of rotatable bonds is 3. The van der Waals surface area contributed by atoms with Crippen molar-refractivity contribution in [1.82, 2.24) is 0 Å². The van der Waals surface area contributed by atoms with Gasteiger partial charge in [-0.25, -0.2) is 4.39 Å². The summed E-state index contributed by atoms with van der Waals surface area (Å²) in [7, 11) is 0. The Kier molecular flexibility index (Phi) is 4.25. The maximum Gasteiger partial charge on any atom is 0.129 e. The average molecular weight is 329 g/mol. The molecular weight excluding hydrogens is 317 g/mol. The van der Waals surface area contributed by atoms with Crippen LogP contribution in [0.3, 0.4) is 0 Å². The fourth-order valence-electron chi connectivity index (χ4n) is 1.76. The van der Waals surface area contributed by atoms with Crippen LogP contribution in [0.25, 0.3) is 0 Å². The van der Waals surface area contributed by atoms with Gasteiger partial charge >= 0.3 is 0 Å². The van der Waals surface area contributed by atoms with Gasteiger partial charge in [0, 0.05) is 20.7 Å². The van der Waals surface area contributed by atoms with E-state index >= 15 is 0 Å². The van der Waals surface area contributed by atoms with E-state index in [0.29, 0.717) is 10.6 Å². The second-order valence-corrected chi connectivity index (χ2v) is 5.39. The summed E-state index contributed by atoms with van der Waals surface area (Å²) in [6.07, 6.45) is 0. The first kappa shape index (κ1) is 13.4. The van der Waals surface area contributed by atoms with Crippen molar-refractivity contribution in [3.8, 4) is 0 Å². The lowest BCUT2D eigenvalue weighted by Gasteiger charge is -2.16. The Labute approximate surface area is 119 Å². The number of anilines is 1. The van der Waals surface area contributed by atoms with Gasteiger partial charge in [-0.3, -0.25) is 0 Å². The van der Waals surface area contributed by atoms with E-state index in [0.717, 1.165) is 10.2 Å². The number of benzene rings is 2. The van der Waals surface area contributed by atoms with E-state index in [9.17, 15) is 4.39 Å². The van der Waals surface area contributed by atoms with Gasteiger partial charge in [-0.2, -0.15) is 0 Å². The van der Waals surface area contributed by atoms with Crippen molar-refractivity contribution in [3.05, 3.63) is 63.3 Å². The quantitative estimate of drug-likeness (QED) is 0.794. The maximum absolute atomic E-state index is 13.8. The van der Waals surface area contributed by atoms with E-state index < -0.39 is 0 Å². The largest absolute Gasteiger partial charge is 0.378 e. The first-order valence-corrected chi connectivity index (χ1v) is 6.70. The molecule has 1 N–H and O–H groups in total. The van der Waals surface area contributed by atoms with Crippen molar-refractivity contribution in [2.45, 2.75) is 13.0 Å². The maximum atomic E-state index is 13.8. The van der Waals surface area contributed by atoms with E-state index in [1.165, 1.54) is 6.07 Å². The summed E-state index contributed by atoms with van der Waals surface area (Å²) in [6, 6.07) is 12.3. The molecule has 4 heteroatoms. The standard InChI is InChI=1S/C14H12BrClFN/c1-9(13-6-5-10(15)7-14(13)17)18-12-4-2-3-11(16)8-12/h2-9,18H,1H3. The molecule has 1 atom stereocenters. The third kappa shape index (κ3) is 3.24. The summed E-state index contributed by atoms with van der Waals surface area (Å²) in [5.41, 5.74) is 1.50. The molecule has 2 rings (SSSR count). The van der Waals surface area contributed by atoms with Crippen LogP contribution in [0.4, 0.5) is 10.1 Å². The average Bonchev–Trinajstić information content (AvgIpc) is 2.28. The van der Waals surface area contributed by atoms with Crippen LogP contribution in [0.2, 0.25) is 5.02 Å². The van der Waals surface area contributed by atoms with Gasteiger partial charge in [-0.15, -0.1) is 0 Å². The van der Waals surface area contributed by atoms with Crippen molar-refractivity contribution in [2.24, 2.45) is 0 Å². The lowest BCUT2D eigenvalue weighted by molar-refractivity contribution is 0.599. The normalized spacial score (nSPS) is 12.2. The molecule has 0 saturated heterocycles. The predicted molar refractivity (Wildman–Crippen MR) is 77.6 cm³/mol. The molecule has 0 aromatic heterocycles. The Balaban J connectivity index is 2.19. The van der Waals surface area contributed by atoms with E-state index in [1.54, 1.807) is 12.1 Å². The van der Waals surface area contributed by atoms with Crippen molar-refractivity contribution in [1.29, 1.82) is 0 Å². The molecule has 0 amide bonds. The molecule has 0 bridgehead atoms. The summed E-state index contributed by atoms with van der Waals surface area (Å²) >= 11 is 9.15. The number of hydrogen-bond acceptors (Lipinski definition) is 1. The van der Waals surface area contributed by atoms with Crippen molar-refractivity contribution < 1.29 is 4.39 Å². The molecule has 0 fully saturated rings. The highest BCUT2D eigenvalue weighted by atomic mass is 79.9. The highest BCUT2D eigenvalue weighted by Gasteiger charge is 2.11. The molecule has 0 aliphatic carbocycles. The molecule has 0 saturated carbocycles. The zero-order valence-corrected chi connectivity index (χ0v) is 12.1. The van der Waals surface area contributed by atoms with Crippen LogP contribution in [-0.4, -0.2) is 0 Å². The lowest BCUT2D eigenvalue weighted by Crippen LogP contribution is -2.08. The Hall–Kier alpha value is -1.06. The van der Waals surface area contributed by atoms with Crippen LogP contribution in [-0.2, 0) is 0 Å². The molecule has 0 aliphatic rings. The van der Waals surface area contributed by atoms with Gasteiger partial charge in [0.05, 0.1) is 6.04 Å². The van der Waals surface area contributed by atoms with E-state index in [1.807, 2.05) is 31.2 Å². The van der Waals surface area contributed by atoms with Crippen LogP contribution >= 0.6 is 27.5 Å². The molecule has 1 unspecified atom stereocenters. The number of hydrogen-bond donors (Lipinski definition) is 1. The minimum atomic E-state index is -0.230. The molecule has 2 aromatic carbocycles. The molecule has 0 spiro atoms. The second-order valence-electron chi connectivity index (χ2n) is 4.04. The Morgan fingerprint density at radius 2 is 2.00 bits per heavy atom. The van der Waals surface area contributed by atoms with Gasteiger partial charge in [-0.05, 0) is 37.3 Å². The lowest BCUT2D eigenvalue weighted by atomic mass is 10.1. The van der Waals surface area contributed by atoms with Crippen LogP contribution in [0.5, 0.6) is 0 Å². The van der Waals surface area contributed by atoms with Crippen LogP contribution in [0.15, 0.2) is 46.9 Å². The van der Waals surface area contributed by atoms with E-state index in [-0.39, 0.29) is 11.9 Å². The zero-order valence-electron chi connectivity index (χ0n) is 9.75. The summed E-state index contributed by atoms with van der Waals surface area (Å²) in [6.45, 7) is 1.91. The number of nitrogens with one attached hydrogen (secondary N) is 1. The third-order valence-electron chi connectivity index (χ3n) is 2.64. The third-order valence-corrected chi connectivity index (χ3v) is 3.37. The summed E-state index contributed by atoms with van der Waals surface area (Å²) in [5.74, 6) is -0.230. The van der Waals surface area contributed by atoms with Crippen molar-refractivity contribution in [2.75, 3.05) is 5.32 Å². The summed E-state index contributed by atoms with van der Waals surface area (Å²) in [4.78, 5) is 0. The van der Waals surface area contributed by atoms with Crippen LogP contribution < -0.4 is 5.32 Å². The summed E-state index contributed by atoms with van der Waals surface area (Å²) < 4.78 is 14.5. The van der Waals surface area contributed by atoms with E-state index in [4.69, 9.17) is 11.6 Å². The van der Waals surface area contributed by atoms with Gasteiger partial charge in [0.25, 0.3) is 0 Å². The van der Waals surface area contributed by atoms with Gasteiger partial charge in [-0.1, -0.05) is 39.7 Å². The van der Waals surface area contributed by atoms with Gasteiger partial charge in [0.15, 0.2) is 0 Å². The molecule has 1 nitrogen and oxygen atoms in total. The number of halogens is 3. The van der Waals surface area contributed by atoms with Crippen LogP contribution in [0.1, 0.15) is 18.5 Å². The molecule has 0 radical (unpaired) electrons. The Morgan fingerprint density at radius 1 is 1.22 bits per heavy atom. The first-order chi connectivity index (χ1) is 8.56. The molecule has 2 aromatic rings. The molecular formula is C14H12BrClFN. The summed E-state index contributed by atoms with van der Waals surface area (Å²) in [5, 5.41) is 3.88. The van der Waals surface area contributed by atoms with Crippen LogP contribution in [0, 0.1) is 5.82 Å². The predicted octanol–water partition coefficient (Wildman–Crippen LogP) is 5.41. The van der Waals surface area contributed by atoms with Crippen molar-refractivity contribution >= 4 is 33.2 Å². The topological polar surface area (TPSA) is 12.0 Å². The monoisotopic (exact) mass is 327 g/mol. The minimum Gasteiger partial charge on any atom is -0.378 e. The van der Waals surface area contributed by atoms with Gasteiger partial charge < -0.3 is 5.32 Å². The Morgan fingerprint density at radius 3 is 2.67 bits per heavy atom. The highest BCUT2D eigenvalue weighted by molar-refractivity contribution is 9.10. The smallest absolute Gasteiger partial charge is 0.129 e. The SMILES string of the molecule is CC(Nc1cccc(Cl)c1)c1ccc(Br)cc1F. The highest BCUT2D eigenvalue weighted by Crippen LogP contribution is 2.25. The van der Waals surface area contributed by atoms with E-state index in [2.05, 4.69) is 21.2 Å². The minimum absolute atomic E-state index is 0.128. The van der Waals surface area contributed by atoms with Gasteiger partial charge in [0.2, 0.25) is 0 Å². The second kappa shape index (κ2) is 5.72. The Bertz CT molecular complexity index is 559. The fraction of sp³-hybridized carbons (Fsp3) is 0.143. The molecule has 18 heavy (non-hydrogen) atoms. The van der Waals surface area contributed by atoms with Crippen molar-refractivity contribution in [3.63, 3.8) is 0 Å². The fourth-order valence-corrected chi connectivity index (χ4v) is 2.28. The zero-order chi connectivity index (χ0) is 13.1. The molecule has 94 valence electrons.